The Morgan fingerprint density at radius 3 is 2.50 bits per heavy atom. The van der Waals surface area contributed by atoms with Crippen molar-refractivity contribution in [3.05, 3.63) is 0 Å². The van der Waals surface area contributed by atoms with Gasteiger partial charge in [0.15, 0.2) is 5.71 Å². The third-order valence-electron chi connectivity index (χ3n) is 1.30. The number of hydrogen-bond acceptors (Lipinski definition) is 4. The first kappa shape index (κ1) is 10.9. The van der Waals surface area contributed by atoms with Crippen LogP contribution in [0.15, 0.2) is 5.16 Å². The molecule has 0 bridgehead atoms. The van der Waals surface area contributed by atoms with Crippen molar-refractivity contribution in [2.45, 2.75) is 27.2 Å². The van der Waals surface area contributed by atoms with Gasteiger partial charge in [-0.05, 0) is 6.42 Å². The van der Waals surface area contributed by atoms with Crippen molar-refractivity contribution in [1.82, 2.24) is 0 Å². The minimum atomic E-state index is -0.533. The molecule has 0 saturated heterocycles. The third kappa shape index (κ3) is 3.37. The van der Waals surface area contributed by atoms with E-state index < -0.39 is 5.97 Å². The lowest BCUT2D eigenvalue weighted by molar-refractivity contribution is -0.136. The van der Waals surface area contributed by atoms with Crippen LogP contribution in [0.4, 0.5) is 0 Å². The van der Waals surface area contributed by atoms with Crippen molar-refractivity contribution in [2.75, 3.05) is 6.61 Å². The molecule has 0 aliphatic rings. The van der Waals surface area contributed by atoms with Gasteiger partial charge < -0.3 is 9.94 Å². The summed E-state index contributed by atoms with van der Waals surface area (Å²) < 4.78 is 4.78. The first-order valence-electron chi connectivity index (χ1n) is 4.02. The summed E-state index contributed by atoms with van der Waals surface area (Å²) in [5.41, 5.74) is 0.0726. The van der Waals surface area contributed by atoms with Gasteiger partial charge in [0.1, 0.15) is 0 Å². The molecule has 0 aliphatic heterocycles. The second kappa shape index (κ2) is 5.57. The smallest absolute Gasteiger partial charge is 0.356 e. The van der Waals surface area contributed by atoms with Gasteiger partial charge in [0, 0.05) is 5.92 Å². The maximum absolute atomic E-state index is 11.1. The van der Waals surface area contributed by atoms with Gasteiger partial charge in [0.25, 0.3) is 0 Å². The maximum Gasteiger partial charge on any atom is 0.356 e. The molecule has 0 heterocycles. The van der Waals surface area contributed by atoms with Crippen molar-refractivity contribution in [3.63, 3.8) is 0 Å². The van der Waals surface area contributed by atoms with Crippen molar-refractivity contribution < 1.29 is 14.7 Å². The molecule has 0 aromatic carbocycles. The molecule has 0 aromatic heterocycles. The lowest BCUT2D eigenvalue weighted by Crippen LogP contribution is -2.23. The van der Waals surface area contributed by atoms with Gasteiger partial charge in [0.05, 0.1) is 6.61 Å². The van der Waals surface area contributed by atoms with Crippen LogP contribution in [0, 0.1) is 5.92 Å². The van der Waals surface area contributed by atoms with Crippen LogP contribution in [0.1, 0.15) is 27.2 Å². The lowest BCUT2D eigenvalue weighted by atomic mass is 10.1. The number of ether oxygens (including phenoxy) is 1. The highest BCUT2D eigenvalue weighted by atomic mass is 16.5. The van der Waals surface area contributed by atoms with Crippen LogP contribution in [0.5, 0.6) is 0 Å². The Bertz CT molecular complexity index is 175. The van der Waals surface area contributed by atoms with E-state index in [1.54, 1.807) is 13.8 Å². The number of carbonyl (C=O) groups is 1. The molecule has 4 nitrogen and oxygen atoms in total. The Kier molecular flexibility index (Phi) is 5.08. The van der Waals surface area contributed by atoms with Crippen molar-refractivity contribution in [3.8, 4) is 0 Å². The van der Waals surface area contributed by atoms with Crippen molar-refractivity contribution in [2.24, 2.45) is 11.1 Å². The number of hydrogen-bond donors (Lipinski definition) is 1. The van der Waals surface area contributed by atoms with E-state index >= 15 is 0 Å². The van der Waals surface area contributed by atoms with Gasteiger partial charge >= 0.3 is 5.97 Å². The van der Waals surface area contributed by atoms with Crippen LogP contribution in [0.2, 0.25) is 0 Å². The number of carbonyl (C=O) groups excluding carboxylic acids is 1. The van der Waals surface area contributed by atoms with Crippen LogP contribution in [0.3, 0.4) is 0 Å². The fourth-order valence-corrected chi connectivity index (χ4v) is 0.661. The van der Waals surface area contributed by atoms with E-state index in [4.69, 9.17) is 9.94 Å². The average Bonchev–Trinajstić information content (AvgIpc) is 2.01. The molecule has 0 rings (SSSR count). The molecule has 0 fully saturated rings. The van der Waals surface area contributed by atoms with Crippen LogP contribution >= 0.6 is 0 Å². The Morgan fingerprint density at radius 2 is 2.17 bits per heavy atom. The predicted octanol–water partition coefficient (Wildman–Crippen LogP) is 1.43. The number of nitrogens with zero attached hydrogens (tertiary/aromatic N) is 1. The topological polar surface area (TPSA) is 58.9 Å². The van der Waals surface area contributed by atoms with Gasteiger partial charge in [-0.3, -0.25) is 0 Å². The van der Waals surface area contributed by atoms with Gasteiger partial charge in [-0.2, -0.15) is 0 Å². The van der Waals surface area contributed by atoms with Crippen molar-refractivity contribution >= 4 is 11.7 Å². The summed E-state index contributed by atoms with van der Waals surface area (Å²) in [6.45, 7) is 5.80. The summed E-state index contributed by atoms with van der Waals surface area (Å²) in [7, 11) is 0. The van der Waals surface area contributed by atoms with Gasteiger partial charge in [0.2, 0.25) is 0 Å². The number of esters is 1. The highest BCUT2D eigenvalue weighted by Crippen LogP contribution is 1.99. The molecule has 1 N–H and O–H groups in total. The lowest BCUT2D eigenvalue weighted by Gasteiger charge is -2.06. The Morgan fingerprint density at radius 1 is 1.58 bits per heavy atom. The van der Waals surface area contributed by atoms with E-state index in [9.17, 15) is 4.79 Å². The van der Waals surface area contributed by atoms with Crippen LogP contribution < -0.4 is 0 Å². The normalized spacial score (nSPS) is 11.8. The molecule has 0 amide bonds. The largest absolute Gasteiger partial charge is 0.461 e. The summed E-state index contributed by atoms with van der Waals surface area (Å²) in [4.78, 5) is 11.1. The molecule has 0 spiro atoms. The molecule has 0 radical (unpaired) electrons. The zero-order valence-corrected chi connectivity index (χ0v) is 7.70. The molecule has 0 aromatic rings. The molecule has 0 aliphatic carbocycles. The first-order valence-corrected chi connectivity index (χ1v) is 4.02. The number of rotatable bonds is 4. The minimum Gasteiger partial charge on any atom is -0.461 e. The molecular formula is C8H15NO3. The molecule has 0 unspecified atom stereocenters. The summed E-state index contributed by atoms with van der Waals surface area (Å²) in [6.07, 6.45) is 0.766. The van der Waals surface area contributed by atoms with Gasteiger partial charge in [-0.15, -0.1) is 0 Å². The monoisotopic (exact) mass is 173 g/mol. The summed E-state index contributed by atoms with van der Waals surface area (Å²) in [5.74, 6) is -0.645. The third-order valence-corrected chi connectivity index (χ3v) is 1.30. The number of oxime groups is 1. The summed E-state index contributed by atoms with van der Waals surface area (Å²) in [6, 6.07) is 0. The van der Waals surface area contributed by atoms with Crippen LogP contribution in [-0.2, 0) is 9.53 Å². The van der Waals surface area contributed by atoms with Gasteiger partial charge in [-0.1, -0.05) is 25.9 Å². The highest BCUT2D eigenvalue weighted by Gasteiger charge is 2.16. The quantitative estimate of drug-likeness (QED) is 0.303. The Labute approximate surface area is 72.2 Å². The average molecular weight is 173 g/mol. The van der Waals surface area contributed by atoms with Crippen molar-refractivity contribution in [1.29, 1.82) is 0 Å². The minimum absolute atomic E-state index is 0.0726. The van der Waals surface area contributed by atoms with E-state index in [-0.39, 0.29) is 11.6 Å². The van der Waals surface area contributed by atoms with E-state index in [2.05, 4.69) is 5.16 Å². The molecule has 12 heavy (non-hydrogen) atoms. The first-order chi connectivity index (χ1) is 5.63. The second-order valence-electron chi connectivity index (χ2n) is 2.78. The second-order valence-corrected chi connectivity index (χ2v) is 2.78. The van der Waals surface area contributed by atoms with E-state index in [1.165, 1.54) is 0 Å². The van der Waals surface area contributed by atoms with E-state index in [0.717, 1.165) is 6.42 Å². The molecule has 0 atom stereocenters. The van der Waals surface area contributed by atoms with Gasteiger partial charge in [-0.25, -0.2) is 4.79 Å². The summed E-state index contributed by atoms with van der Waals surface area (Å²) in [5, 5.41) is 11.3. The van der Waals surface area contributed by atoms with Crippen LogP contribution in [-0.4, -0.2) is 23.5 Å². The Balaban J connectivity index is 4.06. The molecular weight excluding hydrogens is 158 g/mol. The fraction of sp³-hybridized carbons (Fsp3) is 0.750. The zero-order valence-electron chi connectivity index (χ0n) is 7.70. The zero-order chi connectivity index (χ0) is 9.56. The van der Waals surface area contributed by atoms with E-state index in [1.807, 2.05) is 6.92 Å². The standard InChI is InChI=1S/C8H15NO3/c1-4-5-12-8(10)7(9-11)6(2)3/h6,11H,4-5H2,1-3H3. The SMILES string of the molecule is CCCOC(=O)C(=NO)C(C)C. The Hall–Kier alpha value is -1.06. The molecule has 70 valence electrons. The molecule has 4 heteroatoms. The molecule has 0 saturated carbocycles. The highest BCUT2D eigenvalue weighted by molar-refractivity contribution is 6.36. The fourth-order valence-electron chi connectivity index (χ4n) is 0.661. The maximum atomic E-state index is 11.1. The summed E-state index contributed by atoms with van der Waals surface area (Å²) >= 11 is 0. The predicted molar refractivity (Wildman–Crippen MR) is 45.3 cm³/mol. The van der Waals surface area contributed by atoms with E-state index in [0.29, 0.717) is 6.61 Å². The van der Waals surface area contributed by atoms with Crippen LogP contribution in [0.25, 0.3) is 0 Å².